The first-order valence-corrected chi connectivity index (χ1v) is 5.56. The third kappa shape index (κ3) is 1.80. The second kappa shape index (κ2) is 4.05. The zero-order valence-electron chi connectivity index (χ0n) is 8.89. The Balaban J connectivity index is 2.75. The molecule has 1 aromatic carbocycles. The fraction of sp³-hybridized carbons (Fsp3) is 0.273. The molecule has 86 valence electrons. The molecule has 1 N–H and O–H groups in total. The summed E-state index contributed by atoms with van der Waals surface area (Å²) in [5.41, 5.74) is 0.779. The molecule has 0 fully saturated rings. The Bertz CT molecular complexity index is 520. The summed E-state index contributed by atoms with van der Waals surface area (Å²) in [4.78, 5) is 4.66. The molecule has 0 saturated carbocycles. The molecule has 2 nitrogen and oxygen atoms in total. The molecule has 5 heteroatoms. The van der Waals surface area contributed by atoms with Crippen LogP contribution in [-0.4, -0.2) is 19.1 Å². The Labute approximate surface area is 100 Å². The number of aromatic amines is 1. The topological polar surface area (TPSA) is 19.0 Å². The molecular formula is C11H11BrF2N2. The molecule has 0 amide bonds. The molecule has 0 aliphatic rings. The maximum Gasteiger partial charge on any atom is 0.267 e. The van der Waals surface area contributed by atoms with Gasteiger partial charge in [-0.05, 0) is 12.1 Å². The molecule has 0 spiro atoms. The van der Waals surface area contributed by atoms with Gasteiger partial charge in [-0.25, -0.2) is 8.78 Å². The van der Waals surface area contributed by atoms with Gasteiger partial charge in [0, 0.05) is 29.5 Å². The van der Waals surface area contributed by atoms with Crippen molar-refractivity contribution in [1.29, 1.82) is 0 Å². The van der Waals surface area contributed by atoms with Crippen molar-refractivity contribution in [3.63, 3.8) is 0 Å². The highest BCUT2D eigenvalue weighted by Crippen LogP contribution is 2.36. The van der Waals surface area contributed by atoms with Crippen molar-refractivity contribution in [2.75, 3.05) is 19.0 Å². The van der Waals surface area contributed by atoms with Gasteiger partial charge in [-0.1, -0.05) is 22.0 Å². The third-order valence-electron chi connectivity index (χ3n) is 2.45. The first kappa shape index (κ1) is 11.4. The van der Waals surface area contributed by atoms with Crippen LogP contribution < -0.4 is 4.90 Å². The number of nitrogens with one attached hydrogen (secondary N) is 1. The molecular weight excluding hydrogens is 278 g/mol. The van der Waals surface area contributed by atoms with Crippen molar-refractivity contribution in [3.05, 3.63) is 28.2 Å². The van der Waals surface area contributed by atoms with E-state index in [2.05, 4.69) is 20.9 Å². The molecule has 0 saturated heterocycles. The maximum absolute atomic E-state index is 13.0. The number of hydrogen-bond acceptors (Lipinski definition) is 1. The lowest BCUT2D eigenvalue weighted by Crippen LogP contribution is -2.11. The molecule has 1 heterocycles. The molecule has 0 unspecified atom stereocenters. The van der Waals surface area contributed by atoms with E-state index in [1.165, 1.54) is 0 Å². The fourth-order valence-corrected chi connectivity index (χ4v) is 2.11. The van der Waals surface area contributed by atoms with E-state index in [1.54, 1.807) is 37.2 Å². The number of hydrogen-bond donors (Lipinski definition) is 1. The normalized spacial score (nSPS) is 11.4. The Hall–Kier alpha value is -1.10. The summed E-state index contributed by atoms with van der Waals surface area (Å²) in [6.45, 7) is 0. The van der Waals surface area contributed by atoms with Crippen LogP contribution in [0.15, 0.2) is 22.7 Å². The number of benzene rings is 1. The quantitative estimate of drug-likeness (QED) is 0.887. The van der Waals surface area contributed by atoms with E-state index < -0.39 is 6.43 Å². The van der Waals surface area contributed by atoms with Crippen molar-refractivity contribution >= 4 is 32.7 Å². The summed E-state index contributed by atoms with van der Waals surface area (Å²) in [5.74, 6) is 0.461. The monoisotopic (exact) mass is 288 g/mol. The van der Waals surface area contributed by atoms with Crippen LogP contribution in [0.5, 0.6) is 0 Å². The fourth-order valence-electron chi connectivity index (χ4n) is 1.75. The molecule has 0 aliphatic carbocycles. The van der Waals surface area contributed by atoms with E-state index in [1.807, 2.05) is 0 Å². The molecule has 2 rings (SSSR count). The van der Waals surface area contributed by atoms with Gasteiger partial charge in [0.15, 0.2) is 0 Å². The van der Waals surface area contributed by atoms with Gasteiger partial charge in [0.25, 0.3) is 6.43 Å². The predicted octanol–water partition coefficient (Wildman–Crippen LogP) is 3.93. The van der Waals surface area contributed by atoms with Gasteiger partial charge < -0.3 is 9.88 Å². The Morgan fingerprint density at radius 1 is 1.31 bits per heavy atom. The number of rotatable bonds is 2. The standard InChI is InChI=1S/C11H11BrF2N2/c1-16(2)11-9(10(13)14)7-4-3-6(12)5-8(7)15-11/h3-5,10,15H,1-2H3. The van der Waals surface area contributed by atoms with Crippen molar-refractivity contribution in [2.24, 2.45) is 0 Å². The van der Waals surface area contributed by atoms with Crippen LogP contribution in [-0.2, 0) is 0 Å². The lowest BCUT2D eigenvalue weighted by Gasteiger charge is -2.12. The number of nitrogens with zero attached hydrogens (tertiary/aromatic N) is 1. The van der Waals surface area contributed by atoms with E-state index >= 15 is 0 Å². The van der Waals surface area contributed by atoms with Gasteiger partial charge in [0.1, 0.15) is 5.82 Å². The van der Waals surface area contributed by atoms with Crippen molar-refractivity contribution in [1.82, 2.24) is 4.98 Å². The Morgan fingerprint density at radius 2 is 2.00 bits per heavy atom. The van der Waals surface area contributed by atoms with Crippen LogP contribution in [0.25, 0.3) is 10.9 Å². The van der Waals surface area contributed by atoms with Crippen molar-refractivity contribution in [3.8, 4) is 0 Å². The van der Waals surface area contributed by atoms with Crippen LogP contribution in [0.4, 0.5) is 14.6 Å². The smallest absolute Gasteiger partial charge is 0.267 e. The number of H-pyrrole nitrogens is 1. The minimum Gasteiger partial charge on any atom is -0.364 e. The van der Waals surface area contributed by atoms with Gasteiger partial charge >= 0.3 is 0 Å². The summed E-state index contributed by atoms with van der Waals surface area (Å²) in [6.07, 6.45) is -2.48. The second-order valence-electron chi connectivity index (χ2n) is 3.77. The molecule has 0 bridgehead atoms. The predicted molar refractivity (Wildman–Crippen MR) is 65.3 cm³/mol. The van der Waals surface area contributed by atoms with Crippen LogP contribution >= 0.6 is 15.9 Å². The molecule has 0 radical (unpaired) electrons. The van der Waals surface area contributed by atoms with Crippen molar-refractivity contribution < 1.29 is 8.78 Å². The zero-order valence-corrected chi connectivity index (χ0v) is 10.5. The second-order valence-corrected chi connectivity index (χ2v) is 4.69. The summed E-state index contributed by atoms with van der Waals surface area (Å²) < 4.78 is 26.9. The molecule has 0 atom stereocenters. The SMILES string of the molecule is CN(C)c1[nH]c2cc(Br)ccc2c1C(F)F. The van der Waals surface area contributed by atoms with Crippen LogP contribution in [0, 0.1) is 0 Å². The van der Waals surface area contributed by atoms with E-state index in [4.69, 9.17) is 0 Å². The highest BCUT2D eigenvalue weighted by molar-refractivity contribution is 9.10. The highest BCUT2D eigenvalue weighted by atomic mass is 79.9. The van der Waals surface area contributed by atoms with Gasteiger partial charge in [0.2, 0.25) is 0 Å². The van der Waals surface area contributed by atoms with E-state index in [-0.39, 0.29) is 5.56 Å². The average Bonchev–Trinajstić information content (AvgIpc) is 2.55. The highest BCUT2D eigenvalue weighted by Gasteiger charge is 2.20. The van der Waals surface area contributed by atoms with E-state index in [0.717, 1.165) is 4.47 Å². The summed E-state index contributed by atoms with van der Waals surface area (Å²) in [7, 11) is 3.48. The zero-order chi connectivity index (χ0) is 11.9. The van der Waals surface area contributed by atoms with E-state index in [9.17, 15) is 8.78 Å². The summed E-state index contributed by atoms with van der Waals surface area (Å²) >= 11 is 3.32. The van der Waals surface area contributed by atoms with Gasteiger partial charge in [-0.3, -0.25) is 0 Å². The number of halogens is 3. The average molecular weight is 289 g/mol. The largest absolute Gasteiger partial charge is 0.364 e. The third-order valence-corrected chi connectivity index (χ3v) is 2.94. The summed E-state index contributed by atoms with van der Waals surface area (Å²) in [6, 6.07) is 5.26. The summed E-state index contributed by atoms with van der Waals surface area (Å²) in [5, 5.41) is 0.571. The maximum atomic E-state index is 13.0. The van der Waals surface area contributed by atoms with Gasteiger partial charge in [-0.15, -0.1) is 0 Å². The Morgan fingerprint density at radius 3 is 2.56 bits per heavy atom. The van der Waals surface area contributed by atoms with Gasteiger partial charge in [0.05, 0.1) is 5.56 Å². The number of anilines is 1. The molecule has 16 heavy (non-hydrogen) atoms. The number of fused-ring (bicyclic) bond motifs is 1. The van der Waals surface area contributed by atoms with Crippen LogP contribution in [0.3, 0.4) is 0 Å². The lowest BCUT2D eigenvalue weighted by atomic mass is 10.1. The van der Waals surface area contributed by atoms with E-state index in [0.29, 0.717) is 16.7 Å². The number of aromatic nitrogens is 1. The molecule has 1 aromatic heterocycles. The first-order chi connectivity index (χ1) is 7.50. The lowest BCUT2D eigenvalue weighted by molar-refractivity contribution is 0.153. The first-order valence-electron chi connectivity index (χ1n) is 4.77. The minimum absolute atomic E-state index is 0.0625. The number of alkyl halides is 2. The molecule has 0 aliphatic heterocycles. The minimum atomic E-state index is -2.48. The Kier molecular flexibility index (Phi) is 2.88. The van der Waals surface area contributed by atoms with Gasteiger partial charge in [-0.2, -0.15) is 0 Å². The van der Waals surface area contributed by atoms with Crippen molar-refractivity contribution in [2.45, 2.75) is 6.43 Å². The van der Waals surface area contributed by atoms with Crippen LogP contribution in [0.2, 0.25) is 0 Å². The van der Waals surface area contributed by atoms with Crippen LogP contribution in [0.1, 0.15) is 12.0 Å². The molecule has 2 aromatic rings.